The topological polar surface area (TPSA) is 29.0 Å². The van der Waals surface area contributed by atoms with Gasteiger partial charge in [-0.05, 0) is 37.8 Å². The minimum atomic E-state index is 0.508. The SMILES string of the molecule is Cc1ccccc1CN(C)c1nc(C2CC2)nc(Cl)c1C. The minimum absolute atomic E-state index is 0.508. The first-order chi connectivity index (χ1) is 10.1. The molecule has 0 aliphatic heterocycles. The van der Waals surface area contributed by atoms with Gasteiger partial charge in [-0.15, -0.1) is 0 Å². The Labute approximate surface area is 131 Å². The van der Waals surface area contributed by atoms with Gasteiger partial charge >= 0.3 is 0 Å². The van der Waals surface area contributed by atoms with E-state index >= 15 is 0 Å². The fraction of sp³-hybridized carbons (Fsp3) is 0.412. The number of hydrogen-bond donors (Lipinski definition) is 0. The fourth-order valence-corrected chi connectivity index (χ4v) is 2.68. The van der Waals surface area contributed by atoms with Crippen LogP contribution in [0, 0.1) is 13.8 Å². The van der Waals surface area contributed by atoms with E-state index in [1.165, 1.54) is 24.0 Å². The van der Waals surface area contributed by atoms with Gasteiger partial charge in [0.15, 0.2) is 0 Å². The van der Waals surface area contributed by atoms with Crippen molar-refractivity contribution >= 4 is 17.4 Å². The molecule has 0 unspecified atom stereocenters. The highest BCUT2D eigenvalue weighted by molar-refractivity contribution is 6.30. The maximum Gasteiger partial charge on any atom is 0.137 e. The van der Waals surface area contributed by atoms with Gasteiger partial charge in [0.25, 0.3) is 0 Å². The van der Waals surface area contributed by atoms with Crippen LogP contribution in [0.5, 0.6) is 0 Å². The van der Waals surface area contributed by atoms with Crippen LogP contribution in [0.25, 0.3) is 0 Å². The highest BCUT2D eigenvalue weighted by atomic mass is 35.5. The first-order valence-electron chi connectivity index (χ1n) is 7.36. The van der Waals surface area contributed by atoms with Gasteiger partial charge in [0, 0.05) is 25.1 Å². The average Bonchev–Trinajstić information content (AvgIpc) is 3.28. The average molecular weight is 302 g/mol. The zero-order valence-electron chi connectivity index (χ0n) is 12.7. The summed E-state index contributed by atoms with van der Waals surface area (Å²) in [4.78, 5) is 11.3. The molecule has 0 bridgehead atoms. The van der Waals surface area contributed by atoms with Crippen LogP contribution < -0.4 is 4.90 Å². The normalized spacial score (nSPS) is 14.3. The number of anilines is 1. The third-order valence-electron chi connectivity index (χ3n) is 4.05. The molecule has 1 aromatic heterocycles. The van der Waals surface area contributed by atoms with Crippen molar-refractivity contribution in [2.45, 2.75) is 39.2 Å². The van der Waals surface area contributed by atoms with E-state index in [2.05, 4.69) is 48.1 Å². The van der Waals surface area contributed by atoms with E-state index in [4.69, 9.17) is 16.6 Å². The molecule has 1 aromatic carbocycles. The molecule has 0 atom stereocenters. The molecule has 1 fully saturated rings. The molecule has 1 saturated carbocycles. The second kappa shape index (κ2) is 5.64. The van der Waals surface area contributed by atoms with Gasteiger partial charge in [0.1, 0.15) is 16.8 Å². The Kier molecular flexibility index (Phi) is 3.85. The summed E-state index contributed by atoms with van der Waals surface area (Å²) in [6, 6.07) is 8.44. The van der Waals surface area contributed by atoms with Gasteiger partial charge in [0.05, 0.1) is 0 Å². The van der Waals surface area contributed by atoms with Gasteiger partial charge < -0.3 is 4.90 Å². The Morgan fingerprint density at radius 3 is 2.57 bits per heavy atom. The van der Waals surface area contributed by atoms with E-state index in [9.17, 15) is 0 Å². The number of aromatic nitrogens is 2. The zero-order valence-corrected chi connectivity index (χ0v) is 13.5. The molecule has 0 amide bonds. The van der Waals surface area contributed by atoms with Crippen LogP contribution in [0.15, 0.2) is 24.3 Å². The molecule has 1 heterocycles. The Balaban J connectivity index is 1.90. The van der Waals surface area contributed by atoms with Gasteiger partial charge in [0.2, 0.25) is 0 Å². The second-order valence-corrected chi connectivity index (χ2v) is 6.24. The Bertz CT molecular complexity index is 665. The number of nitrogens with zero attached hydrogens (tertiary/aromatic N) is 3. The van der Waals surface area contributed by atoms with Crippen molar-refractivity contribution in [2.75, 3.05) is 11.9 Å². The van der Waals surface area contributed by atoms with Crippen molar-refractivity contribution < 1.29 is 0 Å². The molecule has 0 radical (unpaired) electrons. The van der Waals surface area contributed by atoms with E-state index in [0.29, 0.717) is 11.1 Å². The summed E-state index contributed by atoms with van der Waals surface area (Å²) >= 11 is 6.29. The molecule has 3 rings (SSSR count). The lowest BCUT2D eigenvalue weighted by atomic mass is 10.1. The molecular weight excluding hydrogens is 282 g/mol. The van der Waals surface area contributed by atoms with Crippen LogP contribution in [0.1, 0.15) is 41.3 Å². The number of rotatable bonds is 4. The monoisotopic (exact) mass is 301 g/mol. The van der Waals surface area contributed by atoms with E-state index in [1.807, 2.05) is 6.92 Å². The highest BCUT2D eigenvalue weighted by Gasteiger charge is 2.28. The maximum atomic E-state index is 6.29. The molecule has 21 heavy (non-hydrogen) atoms. The number of halogens is 1. The van der Waals surface area contributed by atoms with Crippen molar-refractivity contribution in [3.05, 3.63) is 51.9 Å². The van der Waals surface area contributed by atoms with Crippen LogP contribution in [0.2, 0.25) is 5.15 Å². The van der Waals surface area contributed by atoms with Crippen molar-refractivity contribution in [1.29, 1.82) is 0 Å². The Hall–Kier alpha value is -1.61. The van der Waals surface area contributed by atoms with Gasteiger partial charge in [-0.2, -0.15) is 0 Å². The standard InChI is InChI=1S/C17H20ClN3/c1-11-6-4-5-7-14(11)10-21(3)17-12(2)15(18)19-16(20-17)13-8-9-13/h4-7,13H,8-10H2,1-3H3. The van der Waals surface area contributed by atoms with Crippen LogP contribution in [-0.2, 0) is 6.54 Å². The quantitative estimate of drug-likeness (QED) is 0.790. The predicted octanol–water partition coefficient (Wildman–Crippen LogP) is 4.26. The lowest BCUT2D eigenvalue weighted by Crippen LogP contribution is -2.20. The number of aryl methyl sites for hydroxylation is 1. The summed E-state index contributed by atoms with van der Waals surface area (Å²) in [6.07, 6.45) is 2.36. The van der Waals surface area contributed by atoms with Crippen molar-refractivity contribution in [3.63, 3.8) is 0 Å². The maximum absolute atomic E-state index is 6.29. The van der Waals surface area contributed by atoms with Gasteiger partial charge in [-0.1, -0.05) is 35.9 Å². The molecule has 0 N–H and O–H groups in total. The summed E-state index contributed by atoms with van der Waals surface area (Å²) in [5.41, 5.74) is 3.56. The third-order valence-corrected chi connectivity index (χ3v) is 4.42. The lowest BCUT2D eigenvalue weighted by molar-refractivity contribution is 0.841. The van der Waals surface area contributed by atoms with Crippen molar-refractivity contribution in [3.8, 4) is 0 Å². The first-order valence-corrected chi connectivity index (χ1v) is 7.73. The Morgan fingerprint density at radius 2 is 1.90 bits per heavy atom. The van der Waals surface area contributed by atoms with Crippen molar-refractivity contribution in [2.24, 2.45) is 0 Å². The van der Waals surface area contributed by atoms with E-state index in [1.54, 1.807) is 0 Å². The molecule has 2 aromatic rings. The summed E-state index contributed by atoms with van der Waals surface area (Å²) in [5.74, 6) is 2.35. The number of hydrogen-bond acceptors (Lipinski definition) is 3. The van der Waals surface area contributed by atoms with Gasteiger partial charge in [-0.3, -0.25) is 0 Å². The Morgan fingerprint density at radius 1 is 1.19 bits per heavy atom. The minimum Gasteiger partial charge on any atom is -0.355 e. The summed E-state index contributed by atoms with van der Waals surface area (Å²) < 4.78 is 0. The van der Waals surface area contributed by atoms with Crippen molar-refractivity contribution in [1.82, 2.24) is 9.97 Å². The molecule has 1 aliphatic carbocycles. The third kappa shape index (κ3) is 3.03. The molecule has 0 spiro atoms. The van der Waals surface area contributed by atoms with Crippen LogP contribution in [-0.4, -0.2) is 17.0 Å². The predicted molar refractivity (Wildman–Crippen MR) is 87.0 cm³/mol. The van der Waals surface area contributed by atoms with Crippen LogP contribution >= 0.6 is 11.6 Å². The largest absolute Gasteiger partial charge is 0.355 e. The van der Waals surface area contributed by atoms with E-state index in [-0.39, 0.29) is 0 Å². The molecule has 110 valence electrons. The summed E-state index contributed by atoms with van der Waals surface area (Å²) in [5, 5.41) is 0.582. The molecule has 0 saturated heterocycles. The summed E-state index contributed by atoms with van der Waals surface area (Å²) in [6.45, 7) is 4.95. The van der Waals surface area contributed by atoms with Crippen LogP contribution in [0.3, 0.4) is 0 Å². The van der Waals surface area contributed by atoms with Gasteiger partial charge in [-0.25, -0.2) is 9.97 Å². The first kappa shape index (κ1) is 14.3. The smallest absolute Gasteiger partial charge is 0.137 e. The lowest BCUT2D eigenvalue weighted by Gasteiger charge is -2.22. The molecular formula is C17H20ClN3. The van der Waals surface area contributed by atoms with Crippen LogP contribution in [0.4, 0.5) is 5.82 Å². The molecule has 1 aliphatic rings. The fourth-order valence-electron chi connectivity index (χ4n) is 2.51. The highest BCUT2D eigenvalue weighted by Crippen LogP contribution is 2.39. The molecule has 3 nitrogen and oxygen atoms in total. The molecule has 4 heteroatoms. The second-order valence-electron chi connectivity index (χ2n) is 5.88. The van der Waals surface area contributed by atoms with E-state index in [0.717, 1.165) is 23.8 Å². The number of benzene rings is 1. The van der Waals surface area contributed by atoms with E-state index < -0.39 is 0 Å². The zero-order chi connectivity index (χ0) is 15.0. The summed E-state index contributed by atoms with van der Waals surface area (Å²) in [7, 11) is 2.06.